The largest absolute Gasteiger partial charge is 0.127 e. The molecule has 0 heterocycles. The van der Waals surface area contributed by atoms with Gasteiger partial charge in [-0.15, -0.1) is 7.55 Å². The van der Waals surface area contributed by atoms with Crippen LogP contribution in [0.25, 0.3) is 0 Å². The van der Waals surface area contributed by atoms with Gasteiger partial charge in [0.25, 0.3) is 0 Å². The molecule has 0 aromatic heterocycles. The van der Waals surface area contributed by atoms with Crippen LogP contribution in [0.3, 0.4) is 0 Å². The van der Waals surface area contributed by atoms with Gasteiger partial charge in [-0.1, -0.05) is 58.5 Å². The molecule has 0 rings (SSSR count). The fourth-order valence-corrected chi connectivity index (χ4v) is 3.35. The number of hydrogen-bond donors (Lipinski definition) is 0. The van der Waals surface area contributed by atoms with Gasteiger partial charge in [-0.2, -0.15) is 0 Å². The molecule has 0 aromatic rings. The van der Waals surface area contributed by atoms with Crippen molar-refractivity contribution in [2.75, 3.05) is 13.3 Å². The van der Waals surface area contributed by atoms with Crippen molar-refractivity contribution >= 4 is 13.3 Å². The molecule has 0 saturated heterocycles. The molecule has 108 valence electrons. The van der Waals surface area contributed by atoms with Gasteiger partial charge >= 0.3 is 0 Å². The van der Waals surface area contributed by atoms with E-state index in [0.717, 1.165) is 17.8 Å². The zero-order chi connectivity index (χ0) is 14.0. The molecule has 0 N–H and O–H groups in total. The van der Waals surface area contributed by atoms with Crippen molar-refractivity contribution in [3.8, 4) is 0 Å². The van der Waals surface area contributed by atoms with Crippen LogP contribution in [0.15, 0.2) is 12.2 Å². The first-order valence-electron chi connectivity index (χ1n) is 7.77. The first kappa shape index (κ1) is 18.0. The van der Waals surface area contributed by atoms with Gasteiger partial charge in [-0.05, 0) is 50.3 Å². The summed E-state index contributed by atoms with van der Waals surface area (Å²) in [5.74, 6) is 5.03. The summed E-state index contributed by atoms with van der Waals surface area (Å²) < 4.78 is 0. The highest BCUT2D eigenvalue weighted by molar-refractivity contribution is 7.55. The Morgan fingerprint density at radius 3 is 2.17 bits per heavy atom. The molecule has 0 saturated carbocycles. The molecule has 0 aliphatic heterocycles. The molecule has 18 heavy (non-hydrogen) atoms. The Morgan fingerprint density at radius 1 is 1.00 bits per heavy atom. The van der Waals surface area contributed by atoms with Gasteiger partial charge in [0, 0.05) is 0 Å². The Hall–Kier alpha value is 0.0400. The molecule has 0 fully saturated rings. The summed E-state index contributed by atoms with van der Waals surface area (Å²) in [6.45, 7) is 14.1. The van der Waals surface area contributed by atoms with Crippen LogP contribution < -0.4 is 0 Å². The lowest BCUT2D eigenvalue weighted by molar-refractivity contribution is 0.430. The Morgan fingerprint density at radius 2 is 1.67 bits per heavy atom. The van der Waals surface area contributed by atoms with E-state index in [0.29, 0.717) is 0 Å². The molecular weight excluding hydrogens is 235 g/mol. The van der Waals surface area contributed by atoms with Gasteiger partial charge in [-0.25, -0.2) is 0 Å². The number of allylic oxidation sites excluding steroid dienone is 2. The van der Waals surface area contributed by atoms with Crippen LogP contribution in [-0.4, -0.2) is 19.1 Å². The molecule has 0 aliphatic rings. The van der Waals surface area contributed by atoms with Crippen LogP contribution in [0.4, 0.5) is 0 Å². The van der Waals surface area contributed by atoms with E-state index in [9.17, 15) is 0 Å². The Balaban J connectivity index is 3.84. The summed E-state index contributed by atoms with van der Waals surface area (Å²) in [6, 6.07) is 0. The van der Waals surface area contributed by atoms with Crippen molar-refractivity contribution in [1.29, 1.82) is 0 Å². The van der Waals surface area contributed by atoms with Gasteiger partial charge < -0.3 is 0 Å². The average Bonchev–Trinajstić information content (AvgIpc) is 2.29. The van der Waals surface area contributed by atoms with Gasteiger partial charge in [0.05, 0.1) is 0 Å². The molecule has 2 atom stereocenters. The second-order valence-corrected chi connectivity index (χ2v) is 8.89. The van der Waals surface area contributed by atoms with Gasteiger partial charge in [0.1, 0.15) is 0 Å². The van der Waals surface area contributed by atoms with E-state index < -0.39 is 0 Å². The van der Waals surface area contributed by atoms with E-state index in [-0.39, 0.29) is 7.55 Å². The number of hydrogen-bond acceptors (Lipinski definition) is 0. The van der Waals surface area contributed by atoms with E-state index in [4.69, 9.17) is 0 Å². The summed E-state index contributed by atoms with van der Waals surface area (Å²) in [7, 11) is -0.192. The second kappa shape index (κ2) is 10.9. The predicted molar refractivity (Wildman–Crippen MR) is 91.6 cm³/mol. The molecule has 0 aromatic carbocycles. The van der Waals surface area contributed by atoms with Crippen molar-refractivity contribution in [2.24, 2.45) is 17.8 Å². The standard InChI is InChI=1S/C17H35P/c1-7-17(14-18(5)6)11-9-8-10-16(4)13-12-15(2)3/h9,11,14-18H,7-8,10,12-13H2,1-6H3/b11-9+. The van der Waals surface area contributed by atoms with Crippen LogP contribution in [0.2, 0.25) is 0 Å². The highest BCUT2D eigenvalue weighted by Gasteiger charge is 2.03. The van der Waals surface area contributed by atoms with Crippen LogP contribution in [0, 0.1) is 17.8 Å². The molecular formula is C17H35P. The van der Waals surface area contributed by atoms with Crippen molar-refractivity contribution < 1.29 is 0 Å². The lowest BCUT2D eigenvalue weighted by Gasteiger charge is -2.11. The summed E-state index contributed by atoms with van der Waals surface area (Å²) in [5.41, 5.74) is 0. The minimum absolute atomic E-state index is 0.192. The van der Waals surface area contributed by atoms with E-state index in [1.807, 2.05) is 0 Å². The third kappa shape index (κ3) is 11.1. The SMILES string of the molecule is CCC(C=[PH](C)C)/C=C/CCC(C)CCC(C)C. The highest BCUT2D eigenvalue weighted by atomic mass is 31.1. The third-order valence-corrected chi connectivity index (χ3v) is 4.56. The molecule has 0 bridgehead atoms. The van der Waals surface area contributed by atoms with Crippen molar-refractivity contribution in [3.05, 3.63) is 12.2 Å². The molecule has 0 nitrogen and oxygen atoms in total. The first-order valence-corrected chi connectivity index (χ1v) is 10.3. The summed E-state index contributed by atoms with van der Waals surface area (Å²) in [6.07, 6.45) is 11.5. The zero-order valence-electron chi connectivity index (χ0n) is 13.5. The van der Waals surface area contributed by atoms with Crippen molar-refractivity contribution in [1.82, 2.24) is 0 Å². The zero-order valence-corrected chi connectivity index (χ0v) is 14.5. The lowest BCUT2D eigenvalue weighted by Crippen LogP contribution is -1.98. The van der Waals surface area contributed by atoms with Gasteiger partial charge in [0.2, 0.25) is 0 Å². The maximum Gasteiger partial charge on any atom is -0.00541 e. The fourth-order valence-electron chi connectivity index (χ4n) is 2.15. The molecule has 0 radical (unpaired) electrons. The predicted octanol–water partition coefficient (Wildman–Crippen LogP) is 5.70. The maximum absolute atomic E-state index is 2.56. The fraction of sp³-hybridized carbons (Fsp3) is 0.824. The van der Waals surface area contributed by atoms with Crippen LogP contribution in [0.5, 0.6) is 0 Å². The normalized spacial score (nSPS) is 15.6. The van der Waals surface area contributed by atoms with Gasteiger partial charge in [0.15, 0.2) is 0 Å². The summed E-state index contributed by atoms with van der Waals surface area (Å²) in [5, 5.41) is 0. The maximum atomic E-state index is 2.56. The van der Waals surface area contributed by atoms with Crippen molar-refractivity contribution in [2.45, 2.75) is 59.8 Å². The summed E-state index contributed by atoms with van der Waals surface area (Å²) >= 11 is 0. The van der Waals surface area contributed by atoms with E-state index >= 15 is 0 Å². The van der Waals surface area contributed by atoms with Gasteiger partial charge in [-0.3, -0.25) is 0 Å². The van der Waals surface area contributed by atoms with Crippen LogP contribution in [0.1, 0.15) is 59.8 Å². The third-order valence-electron chi connectivity index (χ3n) is 3.47. The molecule has 2 unspecified atom stereocenters. The topological polar surface area (TPSA) is 0 Å². The highest BCUT2D eigenvalue weighted by Crippen LogP contribution is 2.18. The average molecular weight is 270 g/mol. The Kier molecular flexibility index (Phi) is 10.9. The van der Waals surface area contributed by atoms with Crippen LogP contribution >= 0.6 is 7.55 Å². The van der Waals surface area contributed by atoms with E-state index in [2.05, 4.69) is 59.0 Å². The lowest BCUT2D eigenvalue weighted by atomic mass is 9.95. The minimum atomic E-state index is -0.192. The van der Waals surface area contributed by atoms with E-state index in [1.54, 1.807) is 0 Å². The number of rotatable bonds is 9. The monoisotopic (exact) mass is 270 g/mol. The molecule has 0 amide bonds. The van der Waals surface area contributed by atoms with Crippen LogP contribution in [-0.2, 0) is 0 Å². The van der Waals surface area contributed by atoms with Crippen molar-refractivity contribution in [3.63, 3.8) is 0 Å². The first-order chi connectivity index (χ1) is 8.45. The Bertz CT molecular complexity index is 246. The molecule has 0 aliphatic carbocycles. The Labute approximate surface area is 117 Å². The van der Waals surface area contributed by atoms with E-state index in [1.165, 1.54) is 32.1 Å². The molecule has 0 spiro atoms. The molecule has 1 heteroatoms. The minimum Gasteiger partial charge on any atom is -0.127 e. The smallest absolute Gasteiger partial charge is 0.00541 e. The second-order valence-electron chi connectivity index (χ2n) is 6.40. The quantitative estimate of drug-likeness (QED) is 0.372. The summed E-state index contributed by atoms with van der Waals surface area (Å²) in [4.78, 5) is 0.